The molecule has 3 unspecified atom stereocenters. The molecule has 1 N–H and O–H groups in total. The van der Waals surface area contributed by atoms with Gasteiger partial charge in [-0.2, -0.15) is 0 Å². The van der Waals surface area contributed by atoms with Gasteiger partial charge in [0.05, 0.1) is 11.8 Å². The van der Waals surface area contributed by atoms with E-state index in [1.54, 1.807) is 0 Å². The Balaban J connectivity index is 1.81. The zero-order valence-corrected chi connectivity index (χ0v) is 17.2. The van der Waals surface area contributed by atoms with Crippen molar-refractivity contribution in [3.63, 3.8) is 0 Å². The third kappa shape index (κ3) is 4.57. The van der Waals surface area contributed by atoms with Crippen LogP contribution in [0, 0.1) is 0 Å². The fraction of sp³-hybridized carbons (Fsp3) is 0.524. The fourth-order valence-corrected chi connectivity index (χ4v) is 4.54. The molecule has 1 aliphatic carbocycles. The monoisotopic (exact) mass is 387 g/mol. The van der Waals surface area contributed by atoms with Crippen molar-refractivity contribution >= 4 is 28.8 Å². The maximum atomic E-state index is 11.6. The second-order valence-electron chi connectivity index (χ2n) is 7.37. The van der Waals surface area contributed by atoms with E-state index in [-0.39, 0.29) is 5.91 Å². The first-order chi connectivity index (χ1) is 13.0. The molecule has 1 amide bonds. The van der Waals surface area contributed by atoms with Gasteiger partial charge in [0.2, 0.25) is 5.91 Å². The van der Waals surface area contributed by atoms with Crippen LogP contribution in [-0.4, -0.2) is 66.1 Å². The number of ether oxygens (including phenoxy) is 1. The second kappa shape index (κ2) is 8.95. The van der Waals surface area contributed by atoms with Crippen molar-refractivity contribution in [3.05, 3.63) is 42.0 Å². The first-order valence-electron chi connectivity index (χ1n) is 9.57. The van der Waals surface area contributed by atoms with Gasteiger partial charge in [-0.05, 0) is 31.4 Å². The van der Waals surface area contributed by atoms with Crippen molar-refractivity contribution in [3.8, 4) is 0 Å². The van der Waals surface area contributed by atoms with E-state index < -0.39 is 0 Å². The molecular formula is C21H29N3O2S. The van der Waals surface area contributed by atoms with Crippen molar-refractivity contribution in [2.24, 2.45) is 0 Å². The molecular weight excluding hydrogens is 358 g/mol. The van der Waals surface area contributed by atoms with E-state index in [9.17, 15) is 4.79 Å². The normalized spacial score (nSPS) is 25.4. The highest BCUT2D eigenvalue weighted by Crippen LogP contribution is 2.31. The Morgan fingerprint density at radius 3 is 2.63 bits per heavy atom. The number of likely N-dealkylation sites (N-methyl/N-ethyl adjacent to an activating group) is 1. The van der Waals surface area contributed by atoms with Gasteiger partial charge in [0.15, 0.2) is 0 Å². The summed E-state index contributed by atoms with van der Waals surface area (Å²) in [4.78, 5) is 17.1. The van der Waals surface area contributed by atoms with E-state index in [1.165, 1.54) is 6.92 Å². The Labute approximate surface area is 167 Å². The quantitative estimate of drug-likeness (QED) is 0.621. The number of hydrogen-bond donors (Lipinski definition) is 1. The molecule has 0 spiro atoms. The fourth-order valence-electron chi connectivity index (χ4n) is 4.23. The van der Waals surface area contributed by atoms with E-state index in [0.717, 1.165) is 48.6 Å². The van der Waals surface area contributed by atoms with Crippen LogP contribution in [0.5, 0.6) is 0 Å². The number of para-hydroxylation sites is 1. The van der Waals surface area contributed by atoms with Crippen LogP contribution in [0.4, 0.5) is 5.69 Å². The Morgan fingerprint density at radius 1 is 1.26 bits per heavy atom. The molecule has 1 heterocycles. The Bertz CT molecular complexity index is 713. The second-order valence-corrected chi connectivity index (χ2v) is 7.76. The average molecular weight is 388 g/mol. The largest absolute Gasteiger partial charge is 0.381 e. The number of carbonyl (C=O) groups excluding carboxylic acids is 1. The summed E-state index contributed by atoms with van der Waals surface area (Å²) < 4.78 is 5.67. The summed E-state index contributed by atoms with van der Waals surface area (Å²) in [6, 6.07) is 8.49. The number of methoxy groups -OCH3 is 1. The van der Waals surface area contributed by atoms with E-state index in [1.807, 2.05) is 31.4 Å². The average Bonchev–Trinajstić information content (AvgIpc) is 3.21. The summed E-state index contributed by atoms with van der Waals surface area (Å²) in [6.45, 7) is 3.49. The molecule has 3 atom stereocenters. The van der Waals surface area contributed by atoms with Gasteiger partial charge in [-0.3, -0.25) is 9.69 Å². The molecule has 0 saturated heterocycles. The van der Waals surface area contributed by atoms with Gasteiger partial charge in [-0.1, -0.05) is 36.5 Å². The lowest BCUT2D eigenvalue weighted by Crippen LogP contribution is -2.55. The van der Waals surface area contributed by atoms with Crippen molar-refractivity contribution in [2.75, 3.05) is 32.6 Å². The number of amides is 1. The molecule has 0 radical (unpaired) electrons. The van der Waals surface area contributed by atoms with Crippen LogP contribution in [-0.2, 0) is 9.53 Å². The highest BCUT2D eigenvalue weighted by atomic mass is 32.1. The zero-order chi connectivity index (χ0) is 19.4. The Kier molecular flexibility index (Phi) is 6.63. The maximum Gasteiger partial charge on any atom is 0.221 e. The zero-order valence-electron chi connectivity index (χ0n) is 16.4. The van der Waals surface area contributed by atoms with Gasteiger partial charge >= 0.3 is 0 Å². The molecule has 1 aromatic carbocycles. The van der Waals surface area contributed by atoms with Gasteiger partial charge in [0.25, 0.3) is 0 Å². The van der Waals surface area contributed by atoms with Crippen LogP contribution in [0.3, 0.4) is 0 Å². The lowest BCUT2D eigenvalue weighted by Gasteiger charge is -2.45. The maximum absolute atomic E-state index is 11.6. The molecule has 0 aromatic heterocycles. The van der Waals surface area contributed by atoms with E-state index >= 15 is 0 Å². The van der Waals surface area contributed by atoms with E-state index in [2.05, 4.69) is 34.3 Å². The summed E-state index contributed by atoms with van der Waals surface area (Å²) in [7, 11) is 3.89. The molecule has 146 valence electrons. The van der Waals surface area contributed by atoms with E-state index in [4.69, 9.17) is 17.0 Å². The van der Waals surface area contributed by atoms with Crippen LogP contribution in [0.15, 0.2) is 36.4 Å². The lowest BCUT2D eigenvalue weighted by atomic mass is 9.86. The molecule has 2 aliphatic rings. The Morgan fingerprint density at radius 2 is 1.96 bits per heavy atom. The summed E-state index contributed by atoms with van der Waals surface area (Å²) >= 11 is 5.86. The minimum absolute atomic E-state index is 0.0884. The van der Waals surface area contributed by atoms with Crippen molar-refractivity contribution in [1.29, 1.82) is 0 Å². The standard InChI is InChI=1S/C21H29N3O2S/c1-15(25)22-18-9-5-4-8-17(18)21(27)23(2)19-11-10-16(26-3)14-20(19)24-12-6-7-13-24/h4-9,16,19-20H,10-14H2,1-3H3,(H,22,25). The lowest BCUT2D eigenvalue weighted by molar-refractivity contribution is -0.114. The number of thiocarbonyl (C=S) groups is 1. The number of nitrogens with zero attached hydrogens (tertiary/aromatic N) is 2. The third-order valence-corrected chi connectivity index (χ3v) is 6.18. The summed E-state index contributed by atoms with van der Waals surface area (Å²) in [5.74, 6) is -0.0884. The van der Waals surface area contributed by atoms with Crippen LogP contribution < -0.4 is 5.32 Å². The molecule has 6 heteroatoms. The van der Waals surface area contributed by atoms with Crippen molar-refractivity contribution < 1.29 is 9.53 Å². The summed E-state index contributed by atoms with van der Waals surface area (Å²) in [5, 5.41) is 2.90. The highest BCUT2D eigenvalue weighted by Gasteiger charge is 2.37. The number of anilines is 1. The molecule has 1 aliphatic heterocycles. The number of rotatable bonds is 5. The summed E-state index contributed by atoms with van der Waals surface area (Å²) in [6.07, 6.45) is 7.87. The van der Waals surface area contributed by atoms with Gasteiger partial charge in [0, 0.05) is 51.8 Å². The minimum atomic E-state index is -0.0884. The predicted molar refractivity (Wildman–Crippen MR) is 113 cm³/mol. The molecule has 1 saturated carbocycles. The smallest absolute Gasteiger partial charge is 0.221 e. The van der Waals surface area contributed by atoms with Gasteiger partial charge in [-0.25, -0.2) is 0 Å². The highest BCUT2D eigenvalue weighted by molar-refractivity contribution is 7.80. The molecule has 3 rings (SSSR count). The number of hydrogen-bond acceptors (Lipinski definition) is 4. The van der Waals surface area contributed by atoms with Gasteiger partial charge in [-0.15, -0.1) is 0 Å². The molecule has 27 heavy (non-hydrogen) atoms. The number of nitrogens with one attached hydrogen (secondary N) is 1. The first kappa shape index (κ1) is 20.0. The molecule has 1 aromatic rings. The van der Waals surface area contributed by atoms with Crippen LogP contribution >= 0.6 is 12.2 Å². The topological polar surface area (TPSA) is 44.8 Å². The summed E-state index contributed by atoms with van der Waals surface area (Å²) in [5.41, 5.74) is 1.67. The van der Waals surface area contributed by atoms with Crippen LogP contribution in [0.25, 0.3) is 0 Å². The SMILES string of the molecule is COC1CCC(N(C)C(=S)c2ccccc2NC(C)=O)C(N2CC=CC2)C1. The van der Waals surface area contributed by atoms with Crippen molar-refractivity contribution in [2.45, 2.75) is 44.4 Å². The van der Waals surface area contributed by atoms with Gasteiger partial charge in [0.1, 0.15) is 4.99 Å². The predicted octanol–water partition coefficient (Wildman–Crippen LogP) is 3.06. The van der Waals surface area contributed by atoms with Crippen LogP contribution in [0.1, 0.15) is 31.7 Å². The molecule has 0 bridgehead atoms. The number of benzene rings is 1. The molecule has 1 fully saturated rings. The van der Waals surface area contributed by atoms with E-state index in [0.29, 0.717) is 18.2 Å². The minimum Gasteiger partial charge on any atom is -0.381 e. The third-order valence-electron chi connectivity index (χ3n) is 5.67. The first-order valence-corrected chi connectivity index (χ1v) is 9.97. The number of carbonyl (C=O) groups is 1. The molecule has 5 nitrogen and oxygen atoms in total. The van der Waals surface area contributed by atoms with Gasteiger partial charge < -0.3 is 15.0 Å². The Hall–Kier alpha value is -1.76. The van der Waals surface area contributed by atoms with Crippen molar-refractivity contribution in [1.82, 2.24) is 9.80 Å². The van der Waals surface area contributed by atoms with Crippen LogP contribution in [0.2, 0.25) is 0 Å².